The van der Waals surface area contributed by atoms with Gasteiger partial charge in [-0.1, -0.05) is 0 Å². The van der Waals surface area contributed by atoms with Gasteiger partial charge in [-0.3, -0.25) is 4.79 Å². The van der Waals surface area contributed by atoms with Crippen molar-refractivity contribution in [2.45, 2.75) is 18.9 Å². The summed E-state index contributed by atoms with van der Waals surface area (Å²) in [4.78, 5) is 15.0. The van der Waals surface area contributed by atoms with E-state index in [2.05, 4.69) is 10.3 Å². The standard InChI is InChI=1S/C14H17N3O2/c15-10-3-4-11-9(5-10)6-12(17-11)14(19)16-7-13(18)8-1-2-8/h3-6,8,13,17-18H,1-2,7,15H2,(H,16,19). The van der Waals surface area contributed by atoms with E-state index in [1.165, 1.54) is 0 Å². The molecule has 0 spiro atoms. The van der Waals surface area contributed by atoms with Gasteiger partial charge in [0.05, 0.1) is 6.10 Å². The first-order valence-corrected chi connectivity index (χ1v) is 6.48. The number of fused-ring (bicyclic) bond motifs is 1. The van der Waals surface area contributed by atoms with E-state index in [9.17, 15) is 9.90 Å². The largest absolute Gasteiger partial charge is 0.399 e. The number of hydrogen-bond donors (Lipinski definition) is 4. The van der Waals surface area contributed by atoms with Gasteiger partial charge in [-0.25, -0.2) is 0 Å². The van der Waals surface area contributed by atoms with Gasteiger partial charge in [0.1, 0.15) is 5.69 Å². The summed E-state index contributed by atoms with van der Waals surface area (Å²) in [6.07, 6.45) is 1.69. The lowest BCUT2D eigenvalue weighted by atomic mass is 10.2. The zero-order valence-corrected chi connectivity index (χ0v) is 10.5. The molecule has 19 heavy (non-hydrogen) atoms. The van der Waals surface area contributed by atoms with Gasteiger partial charge in [0, 0.05) is 23.1 Å². The third-order valence-corrected chi connectivity index (χ3v) is 3.53. The van der Waals surface area contributed by atoms with E-state index in [4.69, 9.17) is 5.73 Å². The fraction of sp³-hybridized carbons (Fsp3) is 0.357. The van der Waals surface area contributed by atoms with Gasteiger partial charge in [-0.15, -0.1) is 0 Å². The van der Waals surface area contributed by atoms with Crippen molar-refractivity contribution < 1.29 is 9.90 Å². The van der Waals surface area contributed by atoms with Gasteiger partial charge in [0.15, 0.2) is 0 Å². The van der Waals surface area contributed by atoms with Gasteiger partial charge >= 0.3 is 0 Å². The fourth-order valence-corrected chi connectivity index (χ4v) is 2.21. The Morgan fingerprint density at radius 3 is 3.00 bits per heavy atom. The number of anilines is 1. The van der Waals surface area contributed by atoms with Crippen LogP contribution in [0.3, 0.4) is 0 Å². The number of nitrogen functional groups attached to an aromatic ring is 1. The van der Waals surface area contributed by atoms with Crippen LogP contribution in [-0.4, -0.2) is 28.6 Å². The molecular formula is C14H17N3O2. The van der Waals surface area contributed by atoms with Gasteiger partial charge in [-0.2, -0.15) is 0 Å². The van der Waals surface area contributed by atoms with E-state index in [0.717, 1.165) is 23.7 Å². The molecule has 5 N–H and O–H groups in total. The number of aliphatic hydroxyl groups is 1. The van der Waals surface area contributed by atoms with Crippen molar-refractivity contribution >= 4 is 22.5 Å². The predicted octanol–water partition coefficient (Wildman–Crippen LogP) is 1.25. The quantitative estimate of drug-likeness (QED) is 0.623. The lowest BCUT2D eigenvalue weighted by molar-refractivity contribution is 0.0897. The monoisotopic (exact) mass is 259 g/mol. The molecule has 1 fully saturated rings. The van der Waals surface area contributed by atoms with Crippen molar-refractivity contribution in [3.63, 3.8) is 0 Å². The number of benzene rings is 1. The molecular weight excluding hydrogens is 242 g/mol. The lowest BCUT2D eigenvalue weighted by Gasteiger charge is -2.09. The van der Waals surface area contributed by atoms with Crippen LogP contribution in [0.4, 0.5) is 5.69 Å². The summed E-state index contributed by atoms with van der Waals surface area (Å²) in [6.45, 7) is 0.307. The first-order chi connectivity index (χ1) is 9.13. The van der Waals surface area contributed by atoms with Crippen LogP contribution < -0.4 is 11.1 Å². The molecule has 1 atom stereocenters. The number of hydrogen-bond acceptors (Lipinski definition) is 3. The molecule has 1 heterocycles. The maximum Gasteiger partial charge on any atom is 0.267 e. The zero-order valence-electron chi connectivity index (χ0n) is 10.5. The summed E-state index contributed by atoms with van der Waals surface area (Å²) in [5, 5.41) is 13.4. The topological polar surface area (TPSA) is 91.1 Å². The molecule has 1 unspecified atom stereocenters. The Morgan fingerprint density at radius 2 is 2.26 bits per heavy atom. The molecule has 1 saturated carbocycles. The molecule has 2 aromatic rings. The highest BCUT2D eigenvalue weighted by molar-refractivity contribution is 5.98. The number of carbonyl (C=O) groups is 1. The van der Waals surface area contributed by atoms with E-state index >= 15 is 0 Å². The normalized spacial score (nSPS) is 16.5. The molecule has 1 aromatic heterocycles. The van der Waals surface area contributed by atoms with E-state index in [-0.39, 0.29) is 5.91 Å². The number of aromatic nitrogens is 1. The summed E-state index contributed by atoms with van der Waals surface area (Å²) in [5.74, 6) is 0.164. The van der Waals surface area contributed by atoms with E-state index < -0.39 is 6.10 Å². The third kappa shape index (κ3) is 2.56. The Hall–Kier alpha value is -2.01. The average molecular weight is 259 g/mol. The number of H-pyrrole nitrogens is 1. The van der Waals surface area contributed by atoms with Crippen LogP contribution in [0.5, 0.6) is 0 Å². The maximum atomic E-state index is 12.0. The van der Waals surface area contributed by atoms with Gasteiger partial charge in [0.2, 0.25) is 0 Å². The molecule has 1 aliphatic rings. The number of nitrogens with two attached hydrogens (primary N) is 1. The number of nitrogens with one attached hydrogen (secondary N) is 2. The van der Waals surface area contributed by atoms with Crippen LogP contribution in [0.15, 0.2) is 24.3 Å². The second kappa shape index (κ2) is 4.59. The molecule has 1 aliphatic carbocycles. The molecule has 0 radical (unpaired) electrons. The molecule has 3 rings (SSSR count). The minimum absolute atomic E-state index is 0.200. The molecule has 0 bridgehead atoms. The van der Waals surface area contributed by atoms with Gasteiger partial charge < -0.3 is 21.1 Å². The van der Waals surface area contributed by atoms with Crippen LogP contribution >= 0.6 is 0 Å². The van der Waals surface area contributed by atoms with Crippen molar-refractivity contribution in [2.75, 3.05) is 12.3 Å². The number of rotatable bonds is 4. The molecule has 1 aromatic carbocycles. The zero-order chi connectivity index (χ0) is 13.4. The highest BCUT2D eigenvalue weighted by Crippen LogP contribution is 2.32. The van der Waals surface area contributed by atoms with Crippen molar-refractivity contribution in [1.82, 2.24) is 10.3 Å². The minimum Gasteiger partial charge on any atom is -0.399 e. The van der Waals surface area contributed by atoms with Crippen LogP contribution in [0, 0.1) is 5.92 Å². The minimum atomic E-state index is -0.427. The van der Waals surface area contributed by atoms with E-state index in [1.54, 1.807) is 12.1 Å². The van der Waals surface area contributed by atoms with Crippen LogP contribution in [0.1, 0.15) is 23.3 Å². The summed E-state index contributed by atoms with van der Waals surface area (Å²) in [7, 11) is 0. The second-order valence-corrected chi connectivity index (χ2v) is 5.14. The van der Waals surface area contributed by atoms with Crippen molar-refractivity contribution in [3.05, 3.63) is 30.0 Å². The number of carbonyl (C=O) groups excluding carboxylic acids is 1. The maximum absolute atomic E-state index is 12.0. The van der Waals surface area contributed by atoms with Crippen LogP contribution in [-0.2, 0) is 0 Å². The van der Waals surface area contributed by atoms with Gasteiger partial charge in [-0.05, 0) is 43.0 Å². The molecule has 0 saturated heterocycles. The van der Waals surface area contributed by atoms with E-state index in [0.29, 0.717) is 23.8 Å². The Bertz CT molecular complexity index is 616. The smallest absolute Gasteiger partial charge is 0.267 e. The second-order valence-electron chi connectivity index (χ2n) is 5.14. The fourth-order valence-electron chi connectivity index (χ4n) is 2.21. The Kier molecular flexibility index (Phi) is 2.91. The summed E-state index contributed by atoms with van der Waals surface area (Å²) in [6, 6.07) is 7.23. The number of amides is 1. The highest BCUT2D eigenvalue weighted by atomic mass is 16.3. The SMILES string of the molecule is Nc1ccc2[nH]c(C(=O)NCC(O)C3CC3)cc2c1. The van der Waals surface area contributed by atoms with Crippen LogP contribution in [0.2, 0.25) is 0 Å². The van der Waals surface area contributed by atoms with E-state index in [1.807, 2.05) is 12.1 Å². The molecule has 5 heteroatoms. The average Bonchev–Trinajstić information content (AvgIpc) is 3.15. The van der Waals surface area contributed by atoms with Crippen molar-refractivity contribution in [2.24, 2.45) is 5.92 Å². The number of aromatic amines is 1. The van der Waals surface area contributed by atoms with Crippen molar-refractivity contribution in [1.29, 1.82) is 0 Å². The lowest BCUT2D eigenvalue weighted by Crippen LogP contribution is -2.33. The summed E-state index contributed by atoms with van der Waals surface area (Å²) in [5.41, 5.74) is 7.74. The highest BCUT2D eigenvalue weighted by Gasteiger charge is 2.29. The molecule has 100 valence electrons. The Morgan fingerprint density at radius 1 is 1.47 bits per heavy atom. The molecule has 1 amide bonds. The molecule has 5 nitrogen and oxygen atoms in total. The van der Waals surface area contributed by atoms with Crippen molar-refractivity contribution in [3.8, 4) is 0 Å². The molecule has 0 aliphatic heterocycles. The Balaban J connectivity index is 1.70. The first kappa shape index (κ1) is 12.0. The van der Waals surface area contributed by atoms with Gasteiger partial charge in [0.25, 0.3) is 5.91 Å². The Labute approximate surface area is 110 Å². The summed E-state index contributed by atoms with van der Waals surface area (Å²) >= 11 is 0. The number of aliphatic hydroxyl groups excluding tert-OH is 1. The predicted molar refractivity (Wildman–Crippen MR) is 73.8 cm³/mol. The first-order valence-electron chi connectivity index (χ1n) is 6.48. The third-order valence-electron chi connectivity index (χ3n) is 3.53. The van der Waals surface area contributed by atoms with Crippen LogP contribution in [0.25, 0.3) is 10.9 Å². The summed E-state index contributed by atoms with van der Waals surface area (Å²) < 4.78 is 0.